The fourth-order valence-electron chi connectivity index (χ4n) is 2.73. The molecule has 0 aromatic rings. The van der Waals surface area contributed by atoms with Crippen molar-refractivity contribution in [2.75, 3.05) is 38.6 Å². The van der Waals surface area contributed by atoms with Crippen molar-refractivity contribution in [3.05, 3.63) is 11.5 Å². The van der Waals surface area contributed by atoms with Gasteiger partial charge in [-0.1, -0.05) is 19.4 Å². The maximum absolute atomic E-state index is 2.66. The Bertz CT molecular complexity index is 234. The highest BCUT2D eigenvalue weighted by atomic mass is 32.2. The summed E-state index contributed by atoms with van der Waals surface area (Å²) in [5.41, 5.74) is 0. The number of likely N-dealkylation sites (tertiary alicyclic amines) is 1. The van der Waals surface area contributed by atoms with E-state index in [0.717, 1.165) is 5.92 Å². The third-order valence-corrected chi connectivity index (χ3v) is 4.76. The van der Waals surface area contributed by atoms with Gasteiger partial charge in [-0.15, -0.1) is 11.8 Å². The molecule has 2 aliphatic rings. The van der Waals surface area contributed by atoms with Crippen LogP contribution in [-0.4, -0.2) is 48.4 Å². The normalized spacial score (nSPS) is 24.3. The molecule has 0 unspecified atom stereocenters. The number of rotatable bonds is 5. The maximum Gasteiger partial charge on any atom is 0.0488 e. The predicted octanol–water partition coefficient (Wildman–Crippen LogP) is 3.02. The Kier molecular flexibility index (Phi) is 5.89. The molecule has 0 amide bonds. The molecule has 2 rings (SSSR count). The molecular weight excluding hydrogens is 228 g/mol. The minimum absolute atomic E-state index is 0.944. The van der Waals surface area contributed by atoms with Gasteiger partial charge in [0.1, 0.15) is 0 Å². The number of unbranched alkanes of at least 4 members (excludes halogenated alkanes) is 1. The van der Waals surface area contributed by atoms with Crippen molar-refractivity contribution in [1.82, 2.24) is 9.80 Å². The Labute approximate surface area is 110 Å². The highest BCUT2D eigenvalue weighted by Gasteiger charge is 2.21. The highest BCUT2D eigenvalue weighted by molar-refractivity contribution is 8.02. The lowest BCUT2D eigenvalue weighted by Gasteiger charge is -2.35. The van der Waals surface area contributed by atoms with Gasteiger partial charge in [-0.25, -0.2) is 0 Å². The van der Waals surface area contributed by atoms with Crippen molar-refractivity contribution in [2.24, 2.45) is 5.92 Å². The number of nitrogens with zero attached hydrogens (tertiary/aromatic N) is 2. The van der Waals surface area contributed by atoms with E-state index in [1.54, 1.807) is 0 Å². The summed E-state index contributed by atoms with van der Waals surface area (Å²) in [6.45, 7) is 8.77. The van der Waals surface area contributed by atoms with E-state index in [4.69, 9.17) is 0 Å². The van der Waals surface area contributed by atoms with E-state index in [2.05, 4.69) is 28.2 Å². The molecule has 2 nitrogen and oxygen atoms in total. The minimum atomic E-state index is 0.944. The summed E-state index contributed by atoms with van der Waals surface area (Å²) in [6, 6.07) is 0. The number of thioether (sulfide) groups is 1. The van der Waals surface area contributed by atoms with Crippen LogP contribution in [-0.2, 0) is 0 Å². The topological polar surface area (TPSA) is 6.48 Å². The standard InChI is InChI=1S/C14H26N2S/c1-2-3-7-15-9-5-14(6-10-15)12-16-8-4-11-17-13-16/h4,11,14H,2-3,5-10,12-13H2,1H3. The number of hydrogen-bond donors (Lipinski definition) is 0. The first kappa shape index (κ1) is 13.4. The number of piperidine rings is 1. The minimum Gasteiger partial charge on any atom is -0.303 e. The lowest BCUT2D eigenvalue weighted by Crippen LogP contribution is -2.39. The van der Waals surface area contributed by atoms with Crippen LogP contribution in [0.5, 0.6) is 0 Å². The fraction of sp³-hybridized carbons (Fsp3) is 0.857. The van der Waals surface area contributed by atoms with Crippen molar-refractivity contribution in [3.63, 3.8) is 0 Å². The second kappa shape index (κ2) is 7.45. The monoisotopic (exact) mass is 254 g/mol. The molecule has 98 valence electrons. The summed E-state index contributed by atoms with van der Waals surface area (Å²) in [4.78, 5) is 5.25. The maximum atomic E-state index is 2.66. The second-order valence-corrected chi connectivity index (χ2v) is 6.21. The average molecular weight is 254 g/mol. The van der Waals surface area contributed by atoms with Crippen molar-refractivity contribution in [2.45, 2.75) is 32.6 Å². The Morgan fingerprint density at radius 1 is 1.24 bits per heavy atom. The van der Waals surface area contributed by atoms with Crippen LogP contribution in [0.25, 0.3) is 0 Å². The Morgan fingerprint density at radius 3 is 2.71 bits per heavy atom. The number of hydrogen-bond acceptors (Lipinski definition) is 3. The Morgan fingerprint density at radius 2 is 2.06 bits per heavy atom. The third kappa shape index (κ3) is 4.65. The summed E-state index contributed by atoms with van der Waals surface area (Å²) in [5.74, 6) is 2.15. The van der Waals surface area contributed by atoms with Crippen LogP contribution in [0.2, 0.25) is 0 Å². The quantitative estimate of drug-likeness (QED) is 0.744. The van der Waals surface area contributed by atoms with Gasteiger partial charge in [0.05, 0.1) is 0 Å². The molecule has 0 saturated carbocycles. The van der Waals surface area contributed by atoms with Gasteiger partial charge in [0.25, 0.3) is 0 Å². The predicted molar refractivity (Wildman–Crippen MR) is 77.2 cm³/mol. The largest absolute Gasteiger partial charge is 0.303 e. The molecule has 2 aliphatic heterocycles. The van der Waals surface area contributed by atoms with Gasteiger partial charge >= 0.3 is 0 Å². The van der Waals surface area contributed by atoms with E-state index in [0.29, 0.717) is 0 Å². The van der Waals surface area contributed by atoms with Crippen LogP contribution in [0, 0.1) is 5.92 Å². The van der Waals surface area contributed by atoms with Crippen molar-refractivity contribution in [1.29, 1.82) is 0 Å². The third-order valence-electron chi connectivity index (χ3n) is 3.86. The molecule has 1 saturated heterocycles. The van der Waals surface area contributed by atoms with Crippen LogP contribution >= 0.6 is 11.8 Å². The van der Waals surface area contributed by atoms with E-state index in [1.807, 2.05) is 11.8 Å². The van der Waals surface area contributed by atoms with Crippen LogP contribution in [0.1, 0.15) is 32.6 Å². The fourth-order valence-corrected chi connectivity index (χ4v) is 3.46. The molecular formula is C14H26N2S. The summed E-state index contributed by atoms with van der Waals surface area (Å²) in [7, 11) is 0. The molecule has 0 radical (unpaired) electrons. The van der Waals surface area contributed by atoms with Crippen LogP contribution < -0.4 is 0 Å². The SMILES string of the molecule is CCCCN1CCC(CN2CC=CSC2)CC1. The van der Waals surface area contributed by atoms with E-state index >= 15 is 0 Å². The zero-order valence-electron chi connectivity index (χ0n) is 11.1. The lowest BCUT2D eigenvalue weighted by atomic mass is 9.96. The van der Waals surface area contributed by atoms with E-state index in [-0.39, 0.29) is 0 Å². The summed E-state index contributed by atoms with van der Waals surface area (Å²) in [5, 5.41) is 2.24. The lowest BCUT2D eigenvalue weighted by molar-refractivity contribution is 0.155. The van der Waals surface area contributed by atoms with Crippen molar-refractivity contribution < 1.29 is 0 Å². The Balaban J connectivity index is 1.63. The van der Waals surface area contributed by atoms with E-state index < -0.39 is 0 Å². The van der Waals surface area contributed by atoms with Gasteiger partial charge in [-0.05, 0) is 50.2 Å². The second-order valence-electron chi connectivity index (χ2n) is 5.34. The van der Waals surface area contributed by atoms with Crippen molar-refractivity contribution in [3.8, 4) is 0 Å². The first-order chi connectivity index (χ1) is 8.38. The Hall–Kier alpha value is 0.01000. The van der Waals surface area contributed by atoms with Crippen LogP contribution in [0.3, 0.4) is 0 Å². The van der Waals surface area contributed by atoms with Gasteiger partial charge in [0.2, 0.25) is 0 Å². The molecule has 0 atom stereocenters. The van der Waals surface area contributed by atoms with Crippen molar-refractivity contribution >= 4 is 11.8 Å². The smallest absolute Gasteiger partial charge is 0.0488 e. The molecule has 17 heavy (non-hydrogen) atoms. The van der Waals surface area contributed by atoms with E-state index in [1.165, 1.54) is 64.3 Å². The van der Waals surface area contributed by atoms with Crippen LogP contribution in [0.15, 0.2) is 11.5 Å². The van der Waals surface area contributed by atoms with Gasteiger partial charge in [-0.2, -0.15) is 0 Å². The van der Waals surface area contributed by atoms with Gasteiger partial charge in [0.15, 0.2) is 0 Å². The molecule has 0 spiro atoms. The average Bonchev–Trinajstić information content (AvgIpc) is 2.39. The molecule has 0 aliphatic carbocycles. The van der Waals surface area contributed by atoms with Gasteiger partial charge in [-0.3, -0.25) is 4.90 Å². The summed E-state index contributed by atoms with van der Waals surface area (Å²) in [6.07, 6.45) is 7.82. The molecule has 2 heterocycles. The summed E-state index contributed by atoms with van der Waals surface area (Å²) >= 11 is 1.94. The first-order valence-electron chi connectivity index (χ1n) is 7.10. The molecule has 0 N–H and O–H groups in total. The molecule has 0 bridgehead atoms. The van der Waals surface area contributed by atoms with Crippen LogP contribution in [0.4, 0.5) is 0 Å². The molecule has 0 aromatic carbocycles. The van der Waals surface area contributed by atoms with E-state index in [9.17, 15) is 0 Å². The highest BCUT2D eigenvalue weighted by Crippen LogP contribution is 2.21. The zero-order valence-corrected chi connectivity index (χ0v) is 11.9. The first-order valence-corrected chi connectivity index (χ1v) is 8.14. The summed E-state index contributed by atoms with van der Waals surface area (Å²) < 4.78 is 0. The zero-order chi connectivity index (χ0) is 11.9. The van der Waals surface area contributed by atoms with Gasteiger partial charge in [0, 0.05) is 19.0 Å². The van der Waals surface area contributed by atoms with Gasteiger partial charge < -0.3 is 4.90 Å². The molecule has 0 aromatic heterocycles. The molecule has 1 fully saturated rings. The molecule has 3 heteroatoms.